The molecule has 0 saturated carbocycles. The minimum absolute atomic E-state index is 0.693. The summed E-state index contributed by atoms with van der Waals surface area (Å²) in [7, 11) is 0. The van der Waals surface area contributed by atoms with Gasteiger partial charge in [0, 0.05) is 0 Å². The molecule has 14 heavy (non-hydrogen) atoms. The first kappa shape index (κ1) is 12.2. The maximum Gasteiger partial charge on any atom is 0.182 e. The summed E-state index contributed by atoms with van der Waals surface area (Å²) < 4.78 is 0. The molecule has 0 aromatic heterocycles. The summed E-state index contributed by atoms with van der Waals surface area (Å²) in [6, 6.07) is 0. The summed E-state index contributed by atoms with van der Waals surface area (Å²) in [4.78, 5) is 41.3. The monoisotopic (exact) mass is 202 g/mol. The van der Waals surface area contributed by atoms with Crippen molar-refractivity contribution < 1.29 is 34.5 Å². The van der Waals surface area contributed by atoms with Crippen molar-refractivity contribution in [2.24, 2.45) is 0 Å². The van der Waals surface area contributed by atoms with Gasteiger partial charge in [-0.2, -0.15) is 0 Å². The summed E-state index contributed by atoms with van der Waals surface area (Å²) in [6.45, 7) is 0.693. The number of hydrogen-bond acceptors (Lipinski definition) is 7. The largest absolute Gasteiger partial charge is 0.546 e. The predicted molar refractivity (Wildman–Crippen MR) is 35.3 cm³/mol. The van der Waals surface area contributed by atoms with Crippen LogP contribution in [0.25, 0.3) is 0 Å². The van der Waals surface area contributed by atoms with Crippen molar-refractivity contribution >= 4 is 23.5 Å². The summed E-state index contributed by atoms with van der Waals surface area (Å²) in [5.41, 5.74) is -3.10. The Balaban J connectivity index is 4.89. The highest BCUT2D eigenvalue weighted by molar-refractivity contribution is 6.33. The van der Waals surface area contributed by atoms with Crippen molar-refractivity contribution in [2.75, 3.05) is 0 Å². The normalized spacial score (nSPS) is 14.1. The molecule has 0 aromatic rings. The van der Waals surface area contributed by atoms with E-state index in [-0.39, 0.29) is 0 Å². The van der Waals surface area contributed by atoms with Crippen LogP contribution in [0, 0.1) is 0 Å². The highest BCUT2D eigenvalue weighted by atomic mass is 16.4. The van der Waals surface area contributed by atoms with Crippen LogP contribution in [0.3, 0.4) is 0 Å². The Labute approximate surface area is 78.0 Å². The molecule has 7 nitrogen and oxygen atoms in total. The van der Waals surface area contributed by atoms with Crippen molar-refractivity contribution in [1.82, 2.24) is 0 Å². The lowest BCUT2D eigenvalue weighted by molar-refractivity contribution is -0.321. The minimum Gasteiger partial charge on any atom is -0.546 e. The van der Waals surface area contributed by atoms with Gasteiger partial charge in [-0.1, -0.05) is 0 Å². The van der Waals surface area contributed by atoms with E-state index < -0.39 is 35.5 Å². The quantitative estimate of drug-likeness (QED) is 0.352. The van der Waals surface area contributed by atoms with Crippen molar-refractivity contribution in [3.8, 4) is 0 Å². The number of Topliss-reactive ketones (excluding diaryl/α,β-unsaturated/α-hetero) is 2. The maximum atomic E-state index is 10.6. The molecule has 0 spiro atoms. The average Bonchev–Trinajstić information content (AvgIpc) is 2.02. The van der Waals surface area contributed by atoms with Gasteiger partial charge in [-0.15, -0.1) is 0 Å². The molecule has 0 bridgehead atoms. The van der Waals surface area contributed by atoms with Crippen LogP contribution >= 0.6 is 0 Å². The molecule has 78 valence electrons. The second kappa shape index (κ2) is 3.97. The Kier molecular flexibility index (Phi) is 3.47. The zero-order chi connectivity index (χ0) is 11.5. The van der Waals surface area contributed by atoms with Crippen LogP contribution in [0.15, 0.2) is 0 Å². The van der Waals surface area contributed by atoms with Crippen LogP contribution in [-0.2, 0) is 19.2 Å². The molecule has 7 heteroatoms. The Morgan fingerprint density at radius 1 is 1.21 bits per heavy atom. The third-order valence-electron chi connectivity index (χ3n) is 1.56. The lowest BCUT2D eigenvalue weighted by Gasteiger charge is -2.25. The van der Waals surface area contributed by atoms with Crippen LogP contribution in [-0.4, -0.2) is 34.2 Å². The number of carboxylic acid groups (broad SMARTS) is 2. The Bertz CT molecular complexity index is 289. The minimum atomic E-state index is -3.10. The third kappa shape index (κ3) is 2.36. The Morgan fingerprint density at radius 2 is 1.64 bits per heavy atom. The zero-order valence-corrected chi connectivity index (χ0v) is 7.10. The average molecular weight is 202 g/mol. The number of aliphatic hydroxyl groups is 1. The third-order valence-corrected chi connectivity index (χ3v) is 1.56. The summed E-state index contributed by atoms with van der Waals surface area (Å²) in [5.74, 6) is -7.37. The maximum absolute atomic E-state index is 10.6. The van der Waals surface area contributed by atoms with Gasteiger partial charge in [0.1, 0.15) is 5.97 Å². The lowest BCUT2D eigenvalue weighted by atomic mass is 9.93. The van der Waals surface area contributed by atoms with E-state index in [2.05, 4.69) is 0 Å². The van der Waals surface area contributed by atoms with Crippen LogP contribution in [0.5, 0.6) is 0 Å². The van der Waals surface area contributed by atoms with E-state index in [0.717, 1.165) is 0 Å². The van der Waals surface area contributed by atoms with E-state index in [1.54, 1.807) is 0 Å². The molecular weight excluding hydrogens is 196 g/mol. The molecule has 0 rings (SSSR count). The number of carbonyl (C=O) groups is 4. The fourth-order valence-corrected chi connectivity index (χ4v) is 0.645. The van der Waals surface area contributed by atoms with Crippen molar-refractivity contribution in [3.05, 3.63) is 0 Å². The van der Waals surface area contributed by atoms with Gasteiger partial charge in [0.2, 0.25) is 0 Å². The number of aliphatic carboxylic acids is 2. The van der Waals surface area contributed by atoms with E-state index in [4.69, 9.17) is 5.11 Å². The van der Waals surface area contributed by atoms with Crippen LogP contribution < -0.4 is 10.2 Å². The number of carbonyl (C=O) groups excluding carboxylic acids is 4. The summed E-state index contributed by atoms with van der Waals surface area (Å²) >= 11 is 0. The molecule has 1 unspecified atom stereocenters. The molecule has 0 saturated heterocycles. The van der Waals surface area contributed by atoms with Gasteiger partial charge in [0.25, 0.3) is 0 Å². The zero-order valence-electron chi connectivity index (χ0n) is 7.10. The molecule has 0 aromatic carbocycles. The first-order valence-electron chi connectivity index (χ1n) is 3.41. The molecule has 0 radical (unpaired) electrons. The first-order valence-corrected chi connectivity index (χ1v) is 3.41. The summed E-state index contributed by atoms with van der Waals surface area (Å²) in [6.07, 6.45) is -1.40. The van der Waals surface area contributed by atoms with E-state index in [1.807, 2.05) is 0 Å². The van der Waals surface area contributed by atoms with Gasteiger partial charge in [-0.05, 0) is 6.92 Å². The van der Waals surface area contributed by atoms with E-state index in [9.17, 15) is 29.4 Å². The number of ketones is 2. The molecule has 0 aliphatic rings. The van der Waals surface area contributed by atoms with Crippen LogP contribution in [0.2, 0.25) is 0 Å². The van der Waals surface area contributed by atoms with Gasteiger partial charge >= 0.3 is 0 Å². The molecule has 0 heterocycles. The molecular formula is C7H6O7-2. The van der Waals surface area contributed by atoms with E-state index in [0.29, 0.717) is 6.92 Å². The highest BCUT2D eigenvalue weighted by Crippen LogP contribution is 2.11. The molecule has 0 fully saturated rings. The van der Waals surface area contributed by atoms with E-state index >= 15 is 0 Å². The number of rotatable bonds is 5. The lowest BCUT2D eigenvalue weighted by Crippen LogP contribution is -2.55. The fraction of sp³-hybridized carbons (Fsp3) is 0.429. The second-order valence-electron chi connectivity index (χ2n) is 2.59. The van der Waals surface area contributed by atoms with Gasteiger partial charge in [0.05, 0.1) is 12.4 Å². The van der Waals surface area contributed by atoms with Crippen LogP contribution in [0.1, 0.15) is 13.3 Å². The molecule has 0 aliphatic carbocycles. The SMILES string of the molecule is CC(=O)C(O)(CC(=O)C(=O)[O-])C(=O)[O-]. The number of hydrogen-bond donors (Lipinski definition) is 1. The van der Waals surface area contributed by atoms with Gasteiger partial charge < -0.3 is 24.9 Å². The first-order chi connectivity index (χ1) is 6.21. The second-order valence-corrected chi connectivity index (χ2v) is 2.59. The van der Waals surface area contributed by atoms with Crippen LogP contribution in [0.4, 0.5) is 0 Å². The molecule has 0 aliphatic heterocycles. The number of carboxylic acids is 2. The van der Waals surface area contributed by atoms with Gasteiger partial charge in [-0.25, -0.2) is 0 Å². The smallest absolute Gasteiger partial charge is 0.182 e. The highest BCUT2D eigenvalue weighted by Gasteiger charge is 2.37. The van der Waals surface area contributed by atoms with E-state index in [1.165, 1.54) is 0 Å². The topological polar surface area (TPSA) is 135 Å². The van der Waals surface area contributed by atoms with Crippen molar-refractivity contribution in [3.63, 3.8) is 0 Å². The molecule has 1 N–H and O–H groups in total. The molecule has 0 amide bonds. The fourth-order valence-electron chi connectivity index (χ4n) is 0.645. The van der Waals surface area contributed by atoms with Crippen molar-refractivity contribution in [1.29, 1.82) is 0 Å². The van der Waals surface area contributed by atoms with Crippen molar-refractivity contribution in [2.45, 2.75) is 18.9 Å². The summed E-state index contributed by atoms with van der Waals surface area (Å²) in [5, 5.41) is 29.3. The standard InChI is InChI=1S/C7H8O7/c1-3(8)7(14,6(12)13)2-4(9)5(10)11/h14H,2H2,1H3,(H,10,11)(H,12,13)/p-2. The molecule has 1 atom stereocenters. The predicted octanol–water partition coefficient (Wildman–Crippen LogP) is -4.23. The Hall–Kier alpha value is -1.76. The van der Waals surface area contributed by atoms with Gasteiger partial charge in [0.15, 0.2) is 17.2 Å². The van der Waals surface area contributed by atoms with Gasteiger partial charge in [-0.3, -0.25) is 9.59 Å². The Morgan fingerprint density at radius 3 is 1.86 bits per heavy atom.